The summed E-state index contributed by atoms with van der Waals surface area (Å²) in [6.07, 6.45) is 6.10. The Hall–Kier alpha value is -2.85. The van der Waals surface area contributed by atoms with Crippen molar-refractivity contribution in [3.8, 4) is 0 Å². The summed E-state index contributed by atoms with van der Waals surface area (Å²) in [6, 6.07) is 17.2. The van der Waals surface area contributed by atoms with E-state index in [2.05, 4.69) is 10.2 Å². The maximum Gasteiger partial charge on any atom is 0.248 e. The second-order valence-electron chi connectivity index (χ2n) is 12.9. The number of sulfone groups is 1. The highest BCUT2D eigenvalue weighted by Crippen LogP contribution is 2.39. The molecule has 2 heterocycles. The van der Waals surface area contributed by atoms with Gasteiger partial charge in [0.2, 0.25) is 17.7 Å². The van der Waals surface area contributed by atoms with Crippen LogP contribution in [0.2, 0.25) is 0 Å². The summed E-state index contributed by atoms with van der Waals surface area (Å²) in [4.78, 5) is 31.3. The fraction of sp³-hybridized carbons (Fsp3) is 0.588. The SMILES string of the molecule is CCN(C(=O)Cc1ccc(S(C)(=O)=O)cc1)C1CC2CCC(C1)N2CC[C@H](NC(=O)C1CCC(F)(F)CC1)c1ccccc1. The molecule has 0 aromatic heterocycles. The van der Waals surface area contributed by atoms with Crippen molar-refractivity contribution in [2.45, 2.75) is 106 Å². The van der Waals surface area contributed by atoms with E-state index in [9.17, 15) is 26.8 Å². The number of nitrogens with one attached hydrogen (secondary N) is 1. The highest BCUT2D eigenvalue weighted by atomic mass is 32.2. The molecule has 0 spiro atoms. The molecule has 0 radical (unpaired) electrons. The van der Waals surface area contributed by atoms with Crippen molar-refractivity contribution < 1.29 is 26.8 Å². The van der Waals surface area contributed by atoms with Gasteiger partial charge in [-0.05, 0) is 75.1 Å². The van der Waals surface area contributed by atoms with E-state index in [1.807, 2.05) is 42.2 Å². The number of rotatable bonds is 11. The molecule has 7 nitrogen and oxygen atoms in total. The van der Waals surface area contributed by atoms with Crippen LogP contribution >= 0.6 is 0 Å². The summed E-state index contributed by atoms with van der Waals surface area (Å²) in [5.74, 6) is -3.10. The van der Waals surface area contributed by atoms with Crippen LogP contribution in [0, 0.1) is 5.92 Å². The summed E-state index contributed by atoms with van der Waals surface area (Å²) >= 11 is 0. The first-order valence-corrected chi connectivity index (χ1v) is 17.9. The number of amides is 2. The lowest BCUT2D eigenvalue weighted by Gasteiger charge is -2.43. The Morgan fingerprint density at radius 2 is 1.59 bits per heavy atom. The average Bonchev–Trinajstić information content (AvgIpc) is 3.22. The Morgan fingerprint density at radius 1 is 0.977 bits per heavy atom. The van der Waals surface area contributed by atoms with Crippen molar-refractivity contribution in [3.05, 3.63) is 65.7 Å². The molecule has 3 fully saturated rings. The molecule has 1 saturated carbocycles. The molecule has 2 amide bonds. The molecule has 1 N–H and O–H groups in total. The Balaban J connectivity index is 1.19. The maximum atomic E-state index is 13.7. The largest absolute Gasteiger partial charge is 0.349 e. The standard InChI is InChI=1S/C34H45F2N3O4S/c1-3-38(32(40)21-24-9-13-30(14-10-24)44(2,42)43)29-22-27-11-12-28(23-29)39(27)20-17-31(25-7-5-4-6-8-25)37-33(41)26-15-18-34(35,36)19-16-26/h4-10,13-14,26-29,31H,3,11-12,15-23H2,1-2H3,(H,37,41)/t27?,28?,29?,31-/m0/s1. The minimum Gasteiger partial charge on any atom is -0.349 e. The molecule has 44 heavy (non-hydrogen) atoms. The zero-order valence-corrected chi connectivity index (χ0v) is 26.6. The molecule has 2 aromatic carbocycles. The third-order valence-corrected chi connectivity index (χ3v) is 11.1. The predicted octanol–water partition coefficient (Wildman–Crippen LogP) is 5.55. The number of halogens is 2. The number of fused-ring (bicyclic) bond motifs is 2. The fourth-order valence-electron chi connectivity index (χ4n) is 7.51. The lowest BCUT2D eigenvalue weighted by atomic mass is 9.86. The van der Waals surface area contributed by atoms with Gasteiger partial charge in [-0.2, -0.15) is 0 Å². The molecule has 2 unspecified atom stereocenters. The van der Waals surface area contributed by atoms with Crippen LogP contribution in [0.4, 0.5) is 8.78 Å². The number of carbonyl (C=O) groups is 2. The number of hydrogen-bond donors (Lipinski definition) is 1. The van der Waals surface area contributed by atoms with Gasteiger partial charge in [0.15, 0.2) is 9.84 Å². The first-order chi connectivity index (χ1) is 20.9. The highest BCUT2D eigenvalue weighted by Gasteiger charge is 2.43. The third kappa shape index (κ3) is 7.86. The van der Waals surface area contributed by atoms with Gasteiger partial charge in [-0.25, -0.2) is 17.2 Å². The van der Waals surface area contributed by atoms with E-state index < -0.39 is 15.8 Å². The molecule has 3 aliphatic rings. The Kier molecular flexibility index (Phi) is 10.1. The molecule has 2 saturated heterocycles. The van der Waals surface area contributed by atoms with Gasteiger partial charge < -0.3 is 10.2 Å². The van der Waals surface area contributed by atoms with Gasteiger partial charge in [0.05, 0.1) is 17.4 Å². The van der Waals surface area contributed by atoms with Crippen molar-refractivity contribution in [2.75, 3.05) is 19.3 Å². The van der Waals surface area contributed by atoms with Crippen LogP contribution in [-0.4, -0.2) is 73.4 Å². The van der Waals surface area contributed by atoms with Gasteiger partial charge >= 0.3 is 0 Å². The van der Waals surface area contributed by atoms with E-state index in [0.717, 1.165) is 49.8 Å². The predicted molar refractivity (Wildman–Crippen MR) is 166 cm³/mol. The van der Waals surface area contributed by atoms with Gasteiger partial charge in [-0.1, -0.05) is 42.5 Å². The number of likely N-dealkylation sites (N-methyl/N-ethyl adjacent to an activating group) is 1. The van der Waals surface area contributed by atoms with Gasteiger partial charge in [-0.3, -0.25) is 14.5 Å². The number of piperidine rings is 1. The Morgan fingerprint density at radius 3 is 2.16 bits per heavy atom. The molecule has 5 rings (SSSR count). The van der Waals surface area contributed by atoms with E-state index in [1.165, 1.54) is 6.26 Å². The lowest BCUT2D eigenvalue weighted by Crippen LogP contribution is -2.52. The number of carbonyl (C=O) groups excluding carboxylic acids is 2. The van der Waals surface area contributed by atoms with Gasteiger partial charge in [0, 0.05) is 56.2 Å². The number of hydrogen-bond acceptors (Lipinski definition) is 5. The smallest absolute Gasteiger partial charge is 0.248 e. The van der Waals surface area contributed by atoms with Crippen molar-refractivity contribution >= 4 is 21.7 Å². The summed E-state index contributed by atoms with van der Waals surface area (Å²) in [7, 11) is -3.28. The number of alkyl halides is 2. The van der Waals surface area contributed by atoms with Gasteiger partial charge in [-0.15, -0.1) is 0 Å². The minimum atomic E-state index is -3.28. The third-order valence-electron chi connectivity index (χ3n) is 9.95. The molecule has 10 heteroatoms. The molecular weight excluding hydrogens is 584 g/mol. The second kappa shape index (κ2) is 13.6. The van der Waals surface area contributed by atoms with Crippen LogP contribution in [0.3, 0.4) is 0 Å². The van der Waals surface area contributed by atoms with Crippen LogP contribution in [0.25, 0.3) is 0 Å². The number of nitrogens with zero attached hydrogens (tertiary/aromatic N) is 2. The quantitative estimate of drug-likeness (QED) is 0.352. The zero-order valence-electron chi connectivity index (χ0n) is 25.8. The first-order valence-electron chi connectivity index (χ1n) is 16.0. The maximum absolute atomic E-state index is 13.7. The Labute approximate surface area is 260 Å². The van der Waals surface area contributed by atoms with Crippen molar-refractivity contribution in [3.63, 3.8) is 0 Å². The van der Waals surface area contributed by atoms with Crippen LogP contribution in [0.5, 0.6) is 0 Å². The first kappa shape index (κ1) is 32.5. The lowest BCUT2D eigenvalue weighted by molar-refractivity contribution is -0.134. The van der Waals surface area contributed by atoms with Crippen LogP contribution in [0.1, 0.15) is 81.9 Å². The highest BCUT2D eigenvalue weighted by molar-refractivity contribution is 7.90. The molecule has 2 aromatic rings. The van der Waals surface area contributed by atoms with Crippen molar-refractivity contribution in [1.29, 1.82) is 0 Å². The van der Waals surface area contributed by atoms with E-state index in [0.29, 0.717) is 18.6 Å². The summed E-state index contributed by atoms with van der Waals surface area (Å²) in [5, 5.41) is 3.21. The monoisotopic (exact) mass is 629 g/mol. The van der Waals surface area contributed by atoms with Crippen LogP contribution in [-0.2, 0) is 25.8 Å². The van der Waals surface area contributed by atoms with Gasteiger partial charge in [0.1, 0.15) is 0 Å². The zero-order chi connectivity index (χ0) is 31.5. The van der Waals surface area contributed by atoms with E-state index in [1.54, 1.807) is 24.3 Å². The topological polar surface area (TPSA) is 86.8 Å². The van der Waals surface area contributed by atoms with Crippen LogP contribution < -0.4 is 5.32 Å². The van der Waals surface area contributed by atoms with Crippen molar-refractivity contribution in [1.82, 2.24) is 15.1 Å². The Bertz CT molecular complexity index is 1380. The van der Waals surface area contributed by atoms with E-state index >= 15 is 0 Å². The minimum absolute atomic E-state index is 0.0600. The number of benzene rings is 2. The van der Waals surface area contributed by atoms with E-state index in [-0.39, 0.29) is 66.8 Å². The molecule has 3 atom stereocenters. The molecule has 2 aliphatic heterocycles. The fourth-order valence-corrected chi connectivity index (χ4v) is 8.14. The summed E-state index contributed by atoms with van der Waals surface area (Å²) in [6.45, 7) is 3.45. The molecule has 2 bridgehead atoms. The van der Waals surface area contributed by atoms with Crippen molar-refractivity contribution in [2.24, 2.45) is 5.92 Å². The second-order valence-corrected chi connectivity index (χ2v) is 14.9. The summed E-state index contributed by atoms with van der Waals surface area (Å²) in [5.41, 5.74) is 1.83. The van der Waals surface area contributed by atoms with Crippen LogP contribution in [0.15, 0.2) is 59.5 Å². The normalized spacial score (nSPS) is 24.5. The van der Waals surface area contributed by atoms with E-state index in [4.69, 9.17) is 0 Å². The molecule has 240 valence electrons. The summed E-state index contributed by atoms with van der Waals surface area (Å²) < 4.78 is 51.0. The molecule has 1 aliphatic carbocycles. The molecular formula is C34H45F2N3O4S. The average molecular weight is 630 g/mol. The van der Waals surface area contributed by atoms with Gasteiger partial charge in [0.25, 0.3) is 0 Å².